The number of hydrogen-bond acceptors (Lipinski definition) is 8. The first kappa shape index (κ1) is 26.1. The van der Waals surface area contributed by atoms with Crippen LogP contribution < -0.4 is 21.5 Å². The van der Waals surface area contributed by atoms with E-state index >= 15 is 4.39 Å². The number of nitrogens with zero attached hydrogens (tertiary/aromatic N) is 5. The summed E-state index contributed by atoms with van der Waals surface area (Å²) in [6.45, 7) is 3.09. The molecule has 11 heteroatoms. The van der Waals surface area contributed by atoms with E-state index in [-0.39, 0.29) is 22.6 Å². The van der Waals surface area contributed by atoms with Gasteiger partial charge in [-0.1, -0.05) is 29.5 Å². The number of nitrogens with one attached hydrogen (secondary N) is 1. The highest BCUT2D eigenvalue weighted by atomic mass is 32.1. The summed E-state index contributed by atoms with van der Waals surface area (Å²) in [5.74, 6) is -0.612. The highest BCUT2D eigenvalue weighted by Gasteiger charge is 2.34. The molecule has 0 radical (unpaired) electrons. The van der Waals surface area contributed by atoms with Crippen LogP contribution in [-0.2, 0) is 13.0 Å². The number of rotatable bonds is 8. The zero-order valence-electron chi connectivity index (χ0n) is 22.2. The molecule has 2 aromatic heterocycles. The standard InChI is InChI=1S/C28H33F2N7OS/c1-35(2)10-3-4-11-37-27(38)23-16(12-20-21(29)13-22(30)24-25(20)39-28(31)33-24)6-5-7-19(23)26(34-37)36-14-17-8-9-18(15-36)32-17/h5-7,13,17-18,32H,3-4,8-12,14-15H2,1-2H3,(H2,31,33). The van der Waals surface area contributed by atoms with Gasteiger partial charge in [0.1, 0.15) is 11.3 Å². The number of nitrogens with two attached hydrogens (primary N) is 1. The molecule has 2 bridgehead atoms. The van der Waals surface area contributed by atoms with E-state index in [1.165, 1.54) is 0 Å². The van der Waals surface area contributed by atoms with Crippen molar-refractivity contribution in [3.8, 4) is 0 Å². The van der Waals surface area contributed by atoms with E-state index in [0.29, 0.717) is 39.8 Å². The molecule has 2 atom stereocenters. The molecular formula is C28H33F2N7OS. The Morgan fingerprint density at radius 3 is 2.67 bits per heavy atom. The Bertz CT molecular complexity index is 1590. The Morgan fingerprint density at radius 2 is 1.92 bits per heavy atom. The molecule has 4 heterocycles. The summed E-state index contributed by atoms with van der Waals surface area (Å²) >= 11 is 1.06. The van der Waals surface area contributed by atoms with E-state index in [0.717, 1.165) is 73.9 Å². The minimum absolute atomic E-state index is 0.0612. The molecule has 0 amide bonds. The lowest BCUT2D eigenvalue weighted by Crippen LogP contribution is -2.51. The molecule has 2 unspecified atom stereocenters. The molecule has 0 aliphatic carbocycles. The molecule has 206 valence electrons. The van der Waals surface area contributed by atoms with Gasteiger partial charge >= 0.3 is 0 Å². The van der Waals surface area contributed by atoms with Crippen molar-refractivity contribution in [3.05, 3.63) is 57.4 Å². The predicted octanol–water partition coefficient (Wildman–Crippen LogP) is 3.74. The van der Waals surface area contributed by atoms with Gasteiger partial charge in [0, 0.05) is 55.2 Å². The van der Waals surface area contributed by atoms with Gasteiger partial charge in [-0.05, 0) is 51.9 Å². The lowest BCUT2D eigenvalue weighted by molar-refractivity contribution is 0.382. The predicted molar refractivity (Wildman–Crippen MR) is 153 cm³/mol. The van der Waals surface area contributed by atoms with E-state index in [1.54, 1.807) is 4.68 Å². The minimum atomic E-state index is -0.739. The minimum Gasteiger partial charge on any atom is -0.375 e. The SMILES string of the molecule is CN(C)CCCCn1nc(N2CC3CCC(C2)N3)c2cccc(Cc3c(F)cc(F)c4nc(N)sc34)c2c1=O. The van der Waals surface area contributed by atoms with Crippen molar-refractivity contribution in [2.24, 2.45) is 0 Å². The van der Waals surface area contributed by atoms with Crippen LogP contribution in [0.2, 0.25) is 0 Å². The molecule has 2 aliphatic rings. The molecule has 39 heavy (non-hydrogen) atoms. The zero-order chi connectivity index (χ0) is 27.3. The first-order valence-electron chi connectivity index (χ1n) is 13.5. The van der Waals surface area contributed by atoms with Gasteiger partial charge in [0.05, 0.1) is 10.1 Å². The second-order valence-electron chi connectivity index (χ2n) is 11.0. The van der Waals surface area contributed by atoms with Crippen LogP contribution >= 0.6 is 11.3 Å². The van der Waals surface area contributed by atoms with Crippen LogP contribution in [0.25, 0.3) is 21.0 Å². The van der Waals surface area contributed by atoms with Gasteiger partial charge in [-0.25, -0.2) is 18.4 Å². The van der Waals surface area contributed by atoms with Crippen molar-refractivity contribution in [3.63, 3.8) is 0 Å². The molecule has 8 nitrogen and oxygen atoms in total. The Kier molecular flexibility index (Phi) is 6.98. The fourth-order valence-electron chi connectivity index (χ4n) is 6.01. The van der Waals surface area contributed by atoms with Gasteiger partial charge in [0.15, 0.2) is 16.8 Å². The Labute approximate surface area is 229 Å². The summed E-state index contributed by atoms with van der Waals surface area (Å²) in [6.07, 6.45) is 4.14. The Morgan fingerprint density at radius 1 is 1.15 bits per heavy atom. The van der Waals surface area contributed by atoms with Crippen LogP contribution in [0.5, 0.6) is 0 Å². The molecule has 2 aliphatic heterocycles. The van der Waals surface area contributed by atoms with Crippen LogP contribution in [0.3, 0.4) is 0 Å². The molecule has 2 aromatic carbocycles. The summed E-state index contributed by atoms with van der Waals surface area (Å²) in [4.78, 5) is 22.4. The summed E-state index contributed by atoms with van der Waals surface area (Å²) in [5.41, 5.74) is 6.71. The maximum absolute atomic E-state index is 15.2. The largest absolute Gasteiger partial charge is 0.375 e. The number of fused-ring (bicyclic) bond motifs is 4. The van der Waals surface area contributed by atoms with Crippen molar-refractivity contribution < 1.29 is 8.78 Å². The van der Waals surface area contributed by atoms with Crippen LogP contribution in [0, 0.1) is 11.6 Å². The van der Waals surface area contributed by atoms with Crippen molar-refractivity contribution in [1.29, 1.82) is 0 Å². The lowest BCUT2D eigenvalue weighted by atomic mass is 9.98. The summed E-state index contributed by atoms with van der Waals surface area (Å²) in [5, 5.41) is 10.1. The molecular weight excluding hydrogens is 520 g/mol. The first-order chi connectivity index (χ1) is 18.8. The van der Waals surface area contributed by atoms with Crippen molar-refractivity contribution >= 4 is 43.3 Å². The van der Waals surface area contributed by atoms with Crippen molar-refractivity contribution in [1.82, 2.24) is 25.0 Å². The molecule has 0 spiro atoms. The number of benzene rings is 2. The van der Waals surface area contributed by atoms with Crippen molar-refractivity contribution in [2.45, 2.75) is 50.7 Å². The maximum atomic E-state index is 15.2. The molecule has 6 rings (SSSR count). The van der Waals surface area contributed by atoms with E-state index in [9.17, 15) is 9.18 Å². The second-order valence-corrected chi connectivity index (χ2v) is 12.0. The van der Waals surface area contributed by atoms with Gasteiger partial charge in [0.2, 0.25) is 0 Å². The molecule has 3 N–H and O–H groups in total. The number of aryl methyl sites for hydroxylation is 1. The number of thiazole rings is 1. The fraction of sp³-hybridized carbons (Fsp3) is 0.464. The zero-order valence-corrected chi connectivity index (χ0v) is 23.0. The van der Waals surface area contributed by atoms with Crippen LogP contribution in [0.4, 0.5) is 19.7 Å². The van der Waals surface area contributed by atoms with Crippen LogP contribution in [-0.4, -0.2) is 65.5 Å². The third-order valence-electron chi connectivity index (χ3n) is 7.85. The number of nitrogen functional groups attached to an aromatic ring is 1. The van der Waals surface area contributed by atoms with E-state index in [1.807, 2.05) is 32.3 Å². The monoisotopic (exact) mass is 553 g/mol. The first-order valence-corrected chi connectivity index (χ1v) is 14.3. The van der Waals surface area contributed by atoms with E-state index < -0.39 is 11.6 Å². The number of hydrogen-bond donors (Lipinski definition) is 2. The average Bonchev–Trinajstić information content (AvgIpc) is 3.46. The topological polar surface area (TPSA) is 92.3 Å². The number of halogens is 2. The van der Waals surface area contributed by atoms with Gasteiger partial charge in [-0.15, -0.1) is 0 Å². The Hall–Kier alpha value is -3.15. The van der Waals surface area contributed by atoms with Gasteiger partial charge < -0.3 is 20.9 Å². The lowest BCUT2D eigenvalue weighted by Gasteiger charge is -2.34. The number of piperazine rings is 1. The number of anilines is 2. The van der Waals surface area contributed by atoms with E-state index in [4.69, 9.17) is 10.8 Å². The molecule has 2 saturated heterocycles. The normalized spacial score (nSPS) is 19.2. The van der Waals surface area contributed by atoms with Crippen LogP contribution in [0.1, 0.15) is 36.8 Å². The maximum Gasteiger partial charge on any atom is 0.275 e. The number of aromatic nitrogens is 3. The highest BCUT2D eigenvalue weighted by Crippen LogP contribution is 2.35. The third kappa shape index (κ3) is 4.99. The molecule has 0 saturated carbocycles. The van der Waals surface area contributed by atoms with Gasteiger partial charge in [0.25, 0.3) is 5.56 Å². The van der Waals surface area contributed by atoms with E-state index in [2.05, 4.69) is 20.1 Å². The van der Waals surface area contributed by atoms with Crippen molar-refractivity contribution in [2.75, 3.05) is 44.4 Å². The fourth-order valence-corrected chi connectivity index (χ4v) is 6.89. The average molecular weight is 554 g/mol. The summed E-state index contributed by atoms with van der Waals surface area (Å²) < 4.78 is 31.6. The number of unbranched alkanes of at least 4 members (excludes halogenated alkanes) is 1. The quantitative estimate of drug-likeness (QED) is 0.321. The summed E-state index contributed by atoms with van der Waals surface area (Å²) in [6, 6.07) is 7.34. The smallest absolute Gasteiger partial charge is 0.275 e. The summed E-state index contributed by atoms with van der Waals surface area (Å²) in [7, 11) is 4.07. The van der Waals surface area contributed by atoms with Gasteiger partial charge in [-0.3, -0.25) is 4.79 Å². The second kappa shape index (κ2) is 10.4. The molecule has 4 aromatic rings. The van der Waals surface area contributed by atoms with Crippen LogP contribution in [0.15, 0.2) is 29.1 Å². The van der Waals surface area contributed by atoms with Gasteiger partial charge in [-0.2, -0.15) is 5.10 Å². The third-order valence-corrected chi connectivity index (χ3v) is 8.79. The Balaban J connectivity index is 1.47. The highest BCUT2D eigenvalue weighted by molar-refractivity contribution is 7.22. The molecule has 2 fully saturated rings.